The molecular weight excluding hydrogens is 478 g/mol. The van der Waals surface area contributed by atoms with Gasteiger partial charge < -0.3 is 15.5 Å². The number of benzene rings is 2. The number of aromatic nitrogens is 2. The highest BCUT2D eigenvalue weighted by Gasteiger charge is 2.21. The molecule has 1 aliphatic rings. The van der Waals surface area contributed by atoms with E-state index in [0.717, 1.165) is 52.9 Å². The maximum Gasteiger partial charge on any atom is 0.224 e. The Morgan fingerprint density at radius 1 is 1.06 bits per heavy atom. The Hall–Kier alpha value is -3.62. The number of hydrogen-bond acceptors (Lipinski definition) is 7. The third-order valence-corrected chi connectivity index (χ3v) is 6.65. The van der Waals surface area contributed by atoms with Crippen LogP contribution in [0.4, 0.5) is 23.1 Å². The number of nitriles is 2. The van der Waals surface area contributed by atoms with Crippen LogP contribution in [-0.4, -0.2) is 29.1 Å². The van der Waals surface area contributed by atoms with Crippen molar-refractivity contribution < 1.29 is 0 Å². The predicted molar refractivity (Wildman–Crippen MR) is 134 cm³/mol. The molecule has 0 saturated carbocycles. The summed E-state index contributed by atoms with van der Waals surface area (Å²) in [5.74, 6) is 1.25. The van der Waals surface area contributed by atoms with Crippen LogP contribution in [0.1, 0.15) is 35.1 Å². The summed E-state index contributed by atoms with van der Waals surface area (Å²) < 4.78 is 0.765. The number of nitrogens with zero attached hydrogens (tertiary/aromatic N) is 5. The first-order chi connectivity index (χ1) is 16.0. The molecule has 0 bridgehead atoms. The van der Waals surface area contributed by atoms with E-state index in [0.29, 0.717) is 22.9 Å². The van der Waals surface area contributed by atoms with Crippen LogP contribution < -0.4 is 15.5 Å². The second kappa shape index (κ2) is 9.89. The number of anilines is 4. The third-order valence-electron chi connectivity index (χ3n) is 6.07. The Morgan fingerprint density at radius 2 is 1.85 bits per heavy atom. The van der Waals surface area contributed by atoms with Crippen molar-refractivity contribution in [2.45, 2.75) is 32.7 Å². The van der Waals surface area contributed by atoms with E-state index >= 15 is 0 Å². The highest BCUT2D eigenvalue weighted by molar-refractivity contribution is 9.10. The molecule has 0 amide bonds. The Bertz CT molecular complexity index is 1250. The molecule has 2 aromatic carbocycles. The fourth-order valence-electron chi connectivity index (χ4n) is 3.97. The first-order valence-electron chi connectivity index (χ1n) is 10.8. The van der Waals surface area contributed by atoms with E-state index in [1.54, 1.807) is 6.20 Å². The summed E-state index contributed by atoms with van der Waals surface area (Å²) in [4.78, 5) is 11.4. The van der Waals surface area contributed by atoms with Gasteiger partial charge in [0.15, 0.2) is 0 Å². The average Bonchev–Trinajstić information content (AvgIpc) is 2.84. The fraction of sp³-hybridized carbons (Fsp3) is 0.280. The third kappa shape index (κ3) is 5.08. The number of piperidine rings is 1. The summed E-state index contributed by atoms with van der Waals surface area (Å²) >= 11 is 3.53. The molecule has 0 aliphatic carbocycles. The second-order valence-electron chi connectivity index (χ2n) is 8.11. The molecule has 2 N–H and O–H groups in total. The molecule has 1 aromatic heterocycles. The standard InChI is InChI=1S/C25H24BrN7/c1-16-17(2)23(7-6-19(16)14-28)31-24-22(26)15-29-25(32-24)30-20-8-10-33(11-9-20)21-5-3-4-18(12-21)13-27/h3-7,12,15,20H,8-11H2,1-2H3,(H2,29,30,31,32). The lowest BCUT2D eigenvalue weighted by Crippen LogP contribution is -2.39. The van der Waals surface area contributed by atoms with Crippen molar-refractivity contribution in [2.24, 2.45) is 0 Å². The van der Waals surface area contributed by atoms with Crippen molar-refractivity contribution >= 4 is 39.1 Å². The monoisotopic (exact) mass is 501 g/mol. The number of nitrogens with one attached hydrogen (secondary N) is 2. The van der Waals surface area contributed by atoms with Crippen molar-refractivity contribution in [3.8, 4) is 12.1 Å². The molecule has 1 fully saturated rings. The molecule has 1 saturated heterocycles. The number of rotatable bonds is 5. The molecule has 7 nitrogen and oxygen atoms in total. The maximum absolute atomic E-state index is 9.24. The average molecular weight is 502 g/mol. The first kappa shape index (κ1) is 22.6. The smallest absolute Gasteiger partial charge is 0.224 e. The zero-order valence-corrected chi connectivity index (χ0v) is 20.1. The van der Waals surface area contributed by atoms with Crippen molar-refractivity contribution in [3.05, 3.63) is 69.3 Å². The van der Waals surface area contributed by atoms with Gasteiger partial charge in [-0.1, -0.05) is 6.07 Å². The van der Waals surface area contributed by atoms with E-state index in [1.165, 1.54) is 0 Å². The summed E-state index contributed by atoms with van der Waals surface area (Å²) in [6.07, 6.45) is 3.64. The van der Waals surface area contributed by atoms with Gasteiger partial charge >= 0.3 is 0 Å². The van der Waals surface area contributed by atoms with E-state index in [9.17, 15) is 5.26 Å². The Morgan fingerprint density at radius 3 is 2.58 bits per heavy atom. The largest absolute Gasteiger partial charge is 0.371 e. The van der Waals surface area contributed by atoms with Crippen molar-refractivity contribution in [3.63, 3.8) is 0 Å². The predicted octanol–water partition coefficient (Wildman–Crippen LogP) is 5.42. The Balaban J connectivity index is 1.42. The molecular formula is C25H24BrN7. The van der Waals surface area contributed by atoms with Gasteiger partial charge in [0.2, 0.25) is 5.95 Å². The van der Waals surface area contributed by atoms with Crippen LogP contribution >= 0.6 is 15.9 Å². The van der Waals surface area contributed by atoms with E-state index in [4.69, 9.17) is 5.26 Å². The molecule has 2 heterocycles. The van der Waals surface area contributed by atoms with Gasteiger partial charge in [0, 0.05) is 36.7 Å². The van der Waals surface area contributed by atoms with Gasteiger partial charge in [0.1, 0.15) is 5.82 Å². The molecule has 4 rings (SSSR count). The summed E-state index contributed by atoms with van der Waals surface area (Å²) in [7, 11) is 0. The number of halogens is 1. The van der Waals surface area contributed by atoms with Crippen LogP contribution in [0.25, 0.3) is 0 Å². The lowest BCUT2D eigenvalue weighted by Gasteiger charge is -2.34. The fourth-order valence-corrected chi connectivity index (χ4v) is 4.26. The van der Waals surface area contributed by atoms with Crippen molar-refractivity contribution in [1.82, 2.24) is 9.97 Å². The zero-order valence-electron chi connectivity index (χ0n) is 18.6. The van der Waals surface area contributed by atoms with Crippen LogP contribution in [0.2, 0.25) is 0 Å². The topological polar surface area (TPSA) is 101 Å². The van der Waals surface area contributed by atoms with Gasteiger partial charge in [-0.05, 0) is 84.1 Å². The van der Waals surface area contributed by atoms with E-state index in [2.05, 4.69) is 59.6 Å². The molecule has 0 spiro atoms. The van der Waals surface area contributed by atoms with Crippen LogP contribution in [0, 0.1) is 36.5 Å². The minimum atomic E-state index is 0.272. The van der Waals surface area contributed by atoms with Gasteiger partial charge in [-0.25, -0.2) is 4.98 Å². The second-order valence-corrected chi connectivity index (χ2v) is 8.96. The van der Waals surface area contributed by atoms with Crippen molar-refractivity contribution in [2.75, 3.05) is 28.6 Å². The Labute approximate surface area is 202 Å². The van der Waals surface area contributed by atoms with Crippen LogP contribution in [0.3, 0.4) is 0 Å². The molecule has 0 atom stereocenters. The quantitative estimate of drug-likeness (QED) is 0.480. The van der Waals surface area contributed by atoms with Crippen LogP contribution in [-0.2, 0) is 0 Å². The Kier molecular flexibility index (Phi) is 6.76. The van der Waals surface area contributed by atoms with Gasteiger partial charge in [0.25, 0.3) is 0 Å². The molecule has 1 aliphatic heterocycles. The number of hydrogen-bond donors (Lipinski definition) is 2. The lowest BCUT2D eigenvalue weighted by molar-refractivity contribution is 0.524. The maximum atomic E-state index is 9.24. The minimum Gasteiger partial charge on any atom is -0.371 e. The lowest BCUT2D eigenvalue weighted by atomic mass is 10.0. The summed E-state index contributed by atoms with van der Waals surface area (Å²) in [6.45, 7) is 5.74. The normalized spacial score (nSPS) is 13.8. The first-order valence-corrected chi connectivity index (χ1v) is 11.6. The van der Waals surface area contributed by atoms with E-state index < -0.39 is 0 Å². The molecule has 166 valence electrons. The van der Waals surface area contributed by atoms with Gasteiger partial charge in [-0.15, -0.1) is 0 Å². The van der Waals surface area contributed by atoms with E-state index in [1.807, 2.05) is 44.2 Å². The highest BCUT2D eigenvalue weighted by atomic mass is 79.9. The SMILES string of the molecule is Cc1c(C#N)ccc(Nc2nc(NC3CCN(c4cccc(C#N)c4)CC3)ncc2Br)c1C. The minimum absolute atomic E-state index is 0.272. The molecule has 33 heavy (non-hydrogen) atoms. The molecule has 3 aromatic rings. The summed E-state index contributed by atoms with van der Waals surface area (Å²) in [5.41, 5.74) is 5.33. The van der Waals surface area contributed by atoms with Crippen LogP contribution in [0.15, 0.2) is 47.1 Å². The molecule has 0 radical (unpaired) electrons. The zero-order chi connectivity index (χ0) is 23.4. The van der Waals surface area contributed by atoms with E-state index in [-0.39, 0.29) is 6.04 Å². The van der Waals surface area contributed by atoms with Crippen molar-refractivity contribution in [1.29, 1.82) is 10.5 Å². The highest BCUT2D eigenvalue weighted by Crippen LogP contribution is 2.29. The summed E-state index contributed by atoms with van der Waals surface area (Å²) in [6, 6.07) is 16.2. The van der Waals surface area contributed by atoms with Gasteiger partial charge in [0.05, 0.1) is 27.7 Å². The molecule has 0 unspecified atom stereocenters. The molecule has 8 heteroatoms. The van der Waals surface area contributed by atoms with Gasteiger partial charge in [-0.2, -0.15) is 15.5 Å². The van der Waals surface area contributed by atoms with Gasteiger partial charge in [-0.3, -0.25) is 0 Å². The summed E-state index contributed by atoms with van der Waals surface area (Å²) in [5, 5.41) is 25.2. The van der Waals surface area contributed by atoms with Crippen LogP contribution in [0.5, 0.6) is 0 Å².